The van der Waals surface area contributed by atoms with E-state index in [9.17, 15) is 19.2 Å². The van der Waals surface area contributed by atoms with Crippen LogP contribution in [0.5, 0.6) is 0 Å². The second-order valence-electron chi connectivity index (χ2n) is 9.61. The lowest BCUT2D eigenvalue weighted by molar-refractivity contribution is -0.135. The fraction of sp³-hybridized carbons (Fsp3) is 0.565. The molecule has 2 unspecified atom stereocenters. The SMILES string of the molecule is Cn1c(=O)n(C2CCC(=O)NC2=O)c2ccc(C3CCCCN3C(=O)OC(C)(C)C)cc21. The minimum absolute atomic E-state index is 0.142. The smallest absolute Gasteiger partial charge is 0.410 e. The number of aryl methyl sites for hydroxylation is 1. The van der Waals surface area contributed by atoms with E-state index in [2.05, 4.69) is 5.32 Å². The normalized spacial score (nSPS) is 22.2. The molecule has 9 heteroatoms. The molecule has 0 saturated carbocycles. The second kappa shape index (κ2) is 8.11. The molecule has 0 aliphatic carbocycles. The van der Waals surface area contributed by atoms with E-state index >= 15 is 0 Å². The Hall–Kier alpha value is -3.10. The lowest BCUT2D eigenvalue weighted by atomic mass is 9.95. The summed E-state index contributed by atoms with van der Waals surface area (Å²) >= 11 is 0. The third kappa shape index (κ3) is 4.03. The van der Waals surface area contributed by atoms with Crippen molar-refractivity contribution in [2.24, 2.45) is 7.05 Å². The van der Waals surface area contributed by atoms with E-state index in [1.54, 1.807) is 11.9 Å². The van der Waals surface area contributed by atoms with E-state index in [-0.39, 0.29) is 30.2 Å². The Morgan fingerprint density at radius 2 is 1.81 bits per heavy atom. The number of rotatable bonds is 2. The maximum absolute atomic E-state index is 13.0. The summed E-state index contributed by atoms with van der Waals surface area (Å²) in [6, 6.07) is 4.81. The molecule has 4 rings (SSSR count). The van der Waals surface area contributed by atoms with Gasteiger partial charge in [-0.15, -0.1) is 0 Å². The number of hydrogen-bond acceptors (Lipinski definition) is 5. The number of carbonyl (C=O) groups excluding carboxylic acids is 3. The van der Waals surface area contributed by atoms with E-state index in [0.29, 0.717) is 24.0 Å². The molecule has 9 nitrogen and oxygen atoms in total. The monoisotopic (exact) mass is 442 g/mol. The molecule has 2 aromatic rings. The third-order valence-corrected chi connectivity index (χ3v) is 6.15. The molecule has 2 aliphatic rings. The van der Waals surface area contributed by atoms with Crippen LogP contribution in [0, 0.1) is 0 Å². The summed E-state index contributed by atoms with van der Waals surface area (Å²) in [6.07, 6.45) is 2.88. The number of carbonyl (C=O) groups is 3. The topological polar surface area (TPSA) is 103 Å². The van der Waals surface area contributed by atoms with Gasteiger partial charge in [-0.3, -0.25) is 24.0 Å². The number of imide groups is 1. The molecular weight excluding hydrogens is 412 g/mol. The average Bonchev–Trinajstić information content (AvgIpc) is 2.97. The quantitative estimate of drug-likeness (QED) is 0.721. The highest BCUT2D eigenvalue weighted by molar-refractivity contribution is 6.00. The van der Waals surface area contributed by atoms with Gasteiger partial charge >= 0.3 is 11.8 Å². The zero-order chi connectivity index (χ0) is 23.2. The average molecular weight is 443 g/mol. The van der Waals surface area contributed by atoms with Gasteiger partial charge in [0.25, 0.3) is 0 Å². The van der Waals surface area contributed by atoms with Crippen molar-refractivity contribution in [1.29, 1.82) is 0 Å². The van der Waals surface area contributed by atoms with E-state index in [4.69, 9.17) is 4.74 Å². The van der Waals surface area contributed by atoms with Crippen molar-refractivity contribution in [2.45, 2.75) is 70.6 Å². The van der Waals surface area contributed by atoms with Crippen molar-refractivity contribution in [2.75, 3.05) is 6.54 Å². The lowest BCUT2D eigenvalue weighted by Crippen LogP contribution is -2.44. The van der Waals surface area contributed by atoms with Crippen molar-refractivity contribution in [3.05, 3.63) is 34.2 Å². The van der Waals surface area contributed by atoms with Crippen LogP contribution in [0.2, 0.25) is 0 Å². The molecule has 1 aromatic carbocycles. The Morgan fingerprint density at radius 3 is 2.50 bits per heavy atom. The van der Waals surface area contributed by atoms with Crippen LogP contribution < -0.4 is 11.0 Å². The van der Waals surface area contributed by atoms with Crippen LogP contribution >= 0.6 is 0 Å². The summed E-state index contributed by atoms with van der Waals surface area (Å²) in [5, 5.41) is 2.32. The van der Waals surface area contributed by atoms with Crippen molar-refractivity contribution >= 4 is 28.9 Å². The number of amides is 3. The molecule has 0 spiro atoms. The molecule has 2 atom stereocenters. The molecule has 172 valence electrons. The van der Waals surface area contributed by atoms with Crippen LogP contribution in [-0.2, 0) is 21.4 Å². The second-order valence-corrected chi connectivity index (χ2v) is 9.61. The van der Waals surface area contributed by atoms with Crippen molar-refractivity contribution in [1.82, 2.24) is 19.4 Å². The Morgan fingerprint density at radius 1 is 1.06 bits per heavy atom. The van der Waals surface area contributed by atoms with Gasteiger partial charge in [-0.1, -0.05) is 6.07 Å². The van der Waals surface area contributed by atoms with Gasteiger partial charge in [-0.2, -0.15) is 0 Å². The van der Waals surface area contributed by atoms with E-state index in [1.165, 1.54) is 9.13 Å². The highest BCUT2D eigenvalue weighted by atomic mass is 16.6. The molecule has 1 N–H and O–H groups in total. The van der Waals surface area contributed by atoms with Crippen LogP contribution in [0.1, 0.15) is 70.5 Å². The summed E-state index contributed by atoms with van der Waals surface area (Å²) in [6.45, 7) is 6.17. The fourth-order valence-corrected chi connectivity index (χ4v) is 4.63. The Bertz CT molecular complexity index is 1140. The lowest BCUT2D eigenvalue weighted by Gasteiger charge is -2.37. The Balaban J connectivity index is 1.71. The summed E-state index contributed by atoms with van der Waals surface area (Å²) in [7, 11) is 1.67. The molecule has 2 saturated heterocycles. The number of hydrogen-bond donors (Lipinski definition) is 1. The predicted molar refractivity (Wildman–Crippen MR) is 118 cm³/mol. The Labute approximate surface area is 186 Å². The molecule has 1 aromatic heterocycles. The fourth-order valence-electron chi connectivity index (χ4n) is 4.63. The van der Waals surface area contributed by atoms with Crippen molar-refractivity contribution in [3.63, 3.8) is 0 Å². The molecular formula is C23H30N4O5. The van der Waals surface area contributed by atoms with Gasteiger partial charge in [0.15, 0.2) is 0 Å². The van der Waals surface area contributed by atoms with Gasteiger partial charge in [0.2, 0.25) is 11.8 Å². The molecule has 3 amide bonds. The summed E-state index contributed by atoms with van der Waals surface area (Å²) in [5.41, 5.74) is 1.37. The minimum Gasteiger partial charge on any atom is -0.444 e. The van der Waals surface area contributed by atoms with Gasteiger partial charge in [0, 0.05) is 20.0 Å². The number of piperidine rings is 2. The largest absolute Gasteiger partial charge is 0.444 e. The first kappa shape index (κ1) is 22.1. The van der Waals surface area contributed by atoms with Gasteiger partial charge < -0.3 is 9.64 Å². The van der Waals surface area contributed by atoms with Crippen molar-refractivity contribution in [3.8, 4) is 0 Å². The highest BCUT2D eigenvalue weighted by Crippen LogP contribution is 2.34. The van der Waals surface area contributed by atoms with E-state index in [1.807, 2.05) is 39.0 Å². The number of ether oxygens (including phenoxy) is 1. The number of likely N-dealkylation sites (tertiary alicyclic amines) is 1. The third-order valence-electron chi connectivity index (χ3n) is 6.15. The number of fused-ring (bicyclic) bond motifs is 1. The zero-order valence-electron chi connectivity index (χ0n) is 19.0. The molecule has 0 radical (unpaired) electrons. The predicted octanol–water partition coefficient (Wildman–Crippen LogP) is 2.78. The molecule has 3 heterocycles. The van der Waals surface area contributed by atoms with Crippen LogP contribution in [0.3, 0.4) is 0 Å². The first-order chi connectivity index (χ1) is 15.1. The van der Waals surface area contributed by atoms with Crippen molar-refractivity contribution < 1.29 is 19.1 Å². The molecule has 0 bridgehead atoms. The van der Waals surface area contributed by atoms with Gasteiger partial charge in [-0.05, 0) is 64.2 Å². The van der Waals surface area contributed by atoms with Gasteiger partial charge in [-0.25, -0.2) is 9.59 Å². The number of nitrogens with one attached hydrogen (secondary N) is 1. The van der Waals surface area contributed by atoms with Gasteiger partial charge in [0.05, 0.1) is 17.1 Å². The van der Waals surface area contributed by atoms with Crippen LogP contribution in [-0.4, -0.2) is 44.1 Å². The van der Waals surface area contributed by atoms with Crippen LogP contribution in [0.25, 0.3) is 11.0 Å². The Kier molecular flexibility index (Phi) is 5.60. The number of nitrogens with zero attached hydrogens (tertiary/aromatic N) is 3. The van der Waals surface area contributed by atoms with Crippen LogP contribution in [0.15, 0.2) is 23.0 Å². The van der Waals surface area contributed by atoms with Crippen LogP contribution in [0.4, 0.5) is 4.79 Å². The zero-order valence-corrected chi connectivity index (χ0v) is 19.0. The summed E-state index contributed by atoms with van der Waals surface area (Å²) in [4.78, 5) is 51.5. The number of aromatic nitrogens is 2. The first-order valence-corrected chi connectivity index (χ1v) is 11.1. The summed E-state index contributed by atoms with van der Waals surface area (Å²) < 4.78 is 8.60. The molecule has 2 aliphatic heterocycles. The molecule has 32 heavy (non-hydrogen) atoms. The minimum atomic E-state index is -0.720. The maximum Gasteiger partial charge on any atom is 0.410 e. The summed E-state index contributed by atoms with van der Waals surface area (Å²) in [5.74, 6) is -0.773. The highest BCUT2D eigenvalue weighted by Gasteiger charge is 2.34. The first-order valence-electron chi connectivity index (χ1n) is 11.1. The number of benzene rings is 1. The standard InChI is InChI=1S/C23H30N4O5/c1-23(2,3)32-22(31)26-12-6-5-7-15(26)14-8-9-16-18(13-14)25(4)21(30)27(16)17-10-11-19(28)24-20(17)29/h8-9,13,15,17H,5-7,10-12H2,1-4H3,(H,24,28,29). The number of imidazole rings is 1. The maximum atomic E-state index is 13.0. The molecule has 2 fully saturated rings. The van der Waals surface area contributed by atoms with Gasteiger partial charge in [0.1, 0.15) is 11.6 Å². The van der Waals surface area contributed by atoms with E-state index in [0.717, 1.165) is 24.8 Å². The van der Waals surface area contributed by atoms with E-state index < -0.39 is 17.6 Å².